The van der Waals surface area contributed by atoms with Crippen LogP contribution in [0.5, 0.6) is 0 Å². The number of rotatable bonds is 4. The molecule has 7 heteroatoms. The Morgan fingerprint density at radius 3 is 3.10 bits per heavy atom. The number of aromatic amines is 1. The van der Waals surface area contributed by atoms with Gasteiger partial charge in [0, 0.05) is 19.5 Å². The van der Waals surface area contributed by atoms with E-state index in [4.69, 9.17) is 9.15 Å². The molecule has 3 heterocycles. The van der Waals surface area contributed by atoms with E-state index in [1.807, 2.05) is 13.8 Å². The molecule has 1 fully saturated rings. The Hall–Kier alpha value is -1.73. The number of hydrogen-bond acceptors (Lipinski definition) is 6. The first-order valence-corrected chi connectivity index (χ1v) is 6.91. The van der Waals surface area contributed by atoms with Crippen molar-refractivity contribution < 1.29 is 9.15 Å². The zero-order chi connectivity index (χ0) is 13.9. The molecule has 0 amide bonds. The normalized spacial score (nSPS) is 20.4. The third-order valence-corrected chi connectivity index (χ3v) is 3.35. The summed E-state index contributed by atoms with van der Waals surface area (Å²) in [5.74, 6) is 3.21. The van der Waals surface area contributed by atoms with Crippen LogP contribution in [0.2, 0.25) is 0 Å². The maximum absolute atomic E-state index is 5.76. The van der Waals surface area contributed by atoms with E-state index < -0.39 is 0 Å². The number of oxazole rings is 1. The van der Waals surface area contributed by atoms with E-state index in [9.17, 15) is 0 Å². The summed E-state index contributed by atoms with van der Waals surface area (Å²) in [6.45, 7) is 6.92. The lowest BCUT2D eigenvalue weighted by atomic mass is 10.2. The van der Waals surface area contributed by atoms with Gasteiger partial charge in [-0.3, -0.25) is 10.00 Å². The molecule has 2 aromatic heterocycles. The van der Waals surface area contributed by atoms with Gasteiger partial charge in [0.05, 0.1) is 19.3 Å². The largest absolute Gasteiger partial charge is 0.445 e. The molecule has 1 saturated heterocycles. The minimum absolute atomic E-state index is 0.0867. The van der Waals surface area contributed by atoms with Crippen LogP contribution in [0.15, 0.2) is 10.6 Å². The van der Waals surface area contributed by atoms with Crippen LogP contribution in [0.25, 0.3) is 0 Å². The summed E-state index contributed by atoms with van der Waals surface area (Å²) in [5.41, 5.74) is 0. The van der Waals surface area contributed by atoms with Gasteiger partial charge in [-0.05, 0) is 6.92 Å². The van der Waals surface area contributed by atoms with Gasteiger partial charge in [-0.1, -0.05) is 6.92 Å². The highest BCUT2D eigenvalue weighted by atomic mass is 16.5. The van der Waals surface area contributed by atoms with E-state index in [1.54, 1.807) is 6.20 Å². The van der Waals surface area contributed by atoms with Crippen molar-refractivity contribution in [1.82, 2.24) is 25.1 Å². The quantitative estimate of drug-likeness (QED) is 0.905. The summed E-state index contributed by atoms with van der Waals surface area (Å²) in [4.78, 5) is 10.9. The molecule has 0 bridgehead atoms. The summed E-state index contributed by atoms with van der Waals surface area (Å²) in [5, 5.41) is 7.16. The Morgan fingerprint density at radius 1 is 1.50 bits per heavy atom. The first-order chi connectivity index (χ1) is 9.74. The van der Waals surface area contributed by atoms with Gasteiger partial charge in [0.25, 0.3) is 0 Å². The van der Waals surface area contributed by atoms with Gasteiger partial charge in [0.1, 0.15) is 17.7 Å². The second-order valence-corrected chi connectivity index (χ2v) is 4.95. The van der Waals surface area contributed by atoms with E-state index in [-0.39, 0.29) is 6.10 Å². The van der Waals surface area contributed by atoms with E-state index in [2.05, 4.69) is 25.1 Å². The summed E-state index contributed by atoms with van der Waals surface area (Å²) < 4.78 is 11.3. The number of H-pyrrole nitrogens is 1. The number of aryl methyl sites for hydroxylation is 2. The van der Waals surface area contributed by atoms with Gasteiger partial charge in [-0.25, -0.2) is 9.97 Å². The van der Waals surface area contributed by atoms with Gasteiger partial charge in [0.15, 0.2) is 5.82 Å². The zero-order valence-electron chi connectivity index (χ0n) is 11.8. The van der Waals surface area contributed by atoms with Gasteiger partial charge in [0.2, 0.25) is 5.89 Å². The molecule has 0 saturated carbocycles. The Kier molecular flexibility index (Phi) is 3.79. The van der Waals surface area contributed by atoms with Crippen LogP contribution in [0.3, 0.4) is 0 Å². The summed E-state index contributed by atoms with van der Waals surface area (Å²) >= 11 is 0. The average molecular weight is 277 g/mol. The van der Waals surface area contributed by atoms with Crippen LogP contribution < -0.4 is 0 Å². The summed E-state index contributed by atoms with van der Waals surface area (Å²) in [7, 11) is 0. The molecule has 7 nitrogen and oxygen atoms in total. The monoisotopic (exact) mass is 277 g/mol. The Balaban J connectivity index is 1.64. The van der Waals surface area contributed by atoms with Gasteiger partial charge in [-0.2, -0.15) is 5.10 Å². The molecule has 0 spiro atoms. The third-order valence-electron chi connectivity index (χ3n) is 3.35. The lowest BCUT2D eigenvalue weighted by Crippen LogP contribution is -2.38. The third kappa shape index (κ3) is 2.88. The van der Waals surface area contributed by atoms with E-state index in [0.717, 1.165) is 42.8 Å². The van der Waals surface area contributed by atoms with E-state index in [0.29, 0.717) is 13.2 Å². The molecular formula is C13H19N5O2. The van der Waals surface area contributed by atoms with Crippen LogP contribution >= 0.6 is 0 Å². The molecule has 1 unspecified atom stereocenters. The highest BCUT2D eigenvalue weighted by Gasteiger charge is 2.26. The number of nitrogens with one attached hydrogen (secondary N) is 1. The molecule has 0 radical (unpaired) electrons. The molecular weight excluding hydrogens is 258 g/mol. The Morgan fingerprint density at radius 2 is 2.40 bits per heavy atom. The average Bonchev–Trinajstić information content (AvgIpc) is 3.08. The van der Waals surface area contributed by atoms with Crippen LogP contribution in [0, 0.1) is 6.92 Å². The molecule has 1 atom stereocenters. The summed E-state index contributed by atoms with van der Waals surface area (Å²) in [6, 6.07) is 0. The maximum Gasteiger partial charge on any atom is 0.208 e. The first-order valence-electron chi connectivity index (χ1n) is 6.91. The molecule has 1 aliphatic heterocycles. The molecule has 1 aliphatic rings. The number of hydrogen-bond donors (Lipinski definition) is 1. The second kappa shape index (κ2) is 5.72. The van der Waals surface area contributed by atoms with Crippen molar-refractivity contribution in [1.29, 1.82) is 0 Å². The van der Waals surface area contributed by atoms with Crippen molar-refractivity contribution >= 4 is 0 Å². The van der Waals surface area contributed by atoms with Gasteiger partial charge < -0.3 is 9.15 Å². The van der Waals surface area contributed by atoms with E-state index in [1.165, 1.54) is 0 Å². The topological polar surface area (TPSA) is 80.1 Å². The zero-order valence-corrected chi connectivity index (χ0v) is 11.8. The number of nitrogens with zero attached hydrogens (tertiary/aromatic N) is 4. The standard InChI is InChI=1S/C13H19N5O2/c1-3-11-15-13(17-16-11)10-7-18(4-5-19-10)8-12-14-6-9(2)20-12/h6,10H,3-5,7-8H2,1-2H3,(H,15,16,17). The van der Waals surface area contributed by atoms with Crippen molar-refractivity contribution in [3.8, 4) is 0 Å². The van der Waals surface area contributed by atoms with Crippen molar-refractivity contribution in [2.24, 2.45) is 0 Å². The minimum Gasteiger partial charge on any atom is -0.445 e. The molecule has 3 rings (SSSR count). The smallest absolute Gasteiger partial charge is 0.208 e. The van der Waals surface area contributed by atoms with E-state index >= 15 is 0 Å². The molecule has 108 valence electrons. The lowest BCUT2D eigenvalue weighted by Gasteiger charge is -2.30. The first kappa shape index (κ1) is 13.3. The fourth-order valence-corrected chi connectivity index (χ4v) is 2.28. The molecule has 20 heavy (non-hydrogen) atoms. The fraction of sp³-hybridized carbons (Fsp3) is 0.615. The summed E-state index contributed by atoms with van der Waals surface area (Å²) in [6.07, 6.45) is 2.51. The van der Waals surface area contributed by atoms with Gasteiger partial charge >= 0.3 is 0 Å². The minimum atomic E-state index is -0.0867. The number of ether oxygens (including phenoxy) is 1. The molecule has 2 aromatic rings. The maximum atomic E-state index is 5.76. The number of aromatic nitrogens is 4. The molecule has 0 aliphatic carbocycles. The molecule has 1 N–H and O–H groups in total. The predicted octanol–water partition coefficient (Wildman–Crippen LogP) is 1.24. The second-order valence-electron chi connectivity index (χ2n) is 4.95. The van der Waals surface area contributed by atoms with Crippen molar-refractivity contribution in [2.45, 2.75) is 32.9 Å². The molecule has 0 aromatic carbocycles. The van der Waals surface area contributed by atoms with Crippen molar-refractivity contribution in [2.75, 3.05) is 19.7 Å². The van der Waals surface area contributed by atoms with Crippen LogP contribution in [0.4, 0.5) is 0 Å². The Labute approximate surface area is 117 Å². The van der Waals surface area contributed by atoms with Crippen LogP contribution in [-0.2, 0) is 17.7 Å². The highest BCUT2D eigenvalue weighted by molar-refractivity contribution is 4.97. The Bertz CT molecular complexity index is 565. The number of morpholine rings is 1. The highest BCUT2D eigenvalue weighted by Crippen LogP contribution is 2.20. The predicted molar refractivity (Wildman–Crippen MR) is 71.0 cm³/mol. The lowest BCUT2D eigenvalue weighted by molar-refractivity contribution is -0.0392. The van der Waals surface area contributed by atoms with Crippen LogP contribution in [0.1, 0.15) is 36.3 Å². The van der Waals surface area contributed by atoms with Crippen molar-refractivity contribution in [3.63, 3.8) is 0 Å². The SMILES string of the molecule is CCc1nc(C2CN(Cc3ncc(C)o3)CCO2)n[nH]1. The van der Waals surface area contributed by atoms with Gasteiger partial charge in [-0.15, -0.1) is 0 Å². The fourth-order valence-electron chi connectivity index (χ4n) is 2.28. The van der Waals surface area contributed by atoms with Crippen LogP contribution in [-0.4, -0.2) is 44.8 Å². The van der Waals surface area contributed by atoms with Crippen molar-refractivity contribution in [3.05, 3.63) is 29.5 Å².